The lowest BCUT2D eigenvalue weighted by Crippen LogP contribution is -2.45. The van der Waals surface area contributed by atoms with Crippen molar-refractivity contribution in [1.29, 1.82) is 0 Å². The Hall–Kier alpha value is -2.94. The molecule has 0 atom stereocenters. The van der Waals surface area contributed by atoms with E-state index in [1.807, 2.05) is 7.05 Å². The fraction of sp³-hybridized carbons (Fsp3) is 0.389. The lowest BCUT2D eigenvalue weighted by Gasteiger charge is -2.35. The normalized spacial score (nSPS) is 15.1. The van der Waals surface area contributed by atoms with E-state index in [-0.39, 0.29) is 34.7 Å². The Kier molecular flexibility index (Phi) is 5.13. The molecule has 9 heteroatoms. The zero-order chi connectivity index (χ0) is 19.7. The van der Waals surface area contributed by atoms with Gasteiger partial charge < -0.3 is 24.6 Å². The molecule has 1 fully saturated rings. The molecule has 1 aliphatic rings. The van der Waals surface area contributed by atoms with Crippen LogP contribution in [0.4, 0.5) is 10.1 Å². The first kappa shape index (κ1) is 18.8. The minimum Gasteiger partial charge on any atom is -0.481 e. The topological polar surface area (TPSA) is 103 Å². The molecule has 2 aromatic rings. The average Bonchev–Trinajstić information content (AvgIpc) is 2.61. The molecule has 2 heterocycles. The zero-order valence-corrected chi connectivity index (χ0v) is 15.0. The van der Waals surface area contributed by atoms with Crippen LogP contribution in [0.5, 0.6) is 5.75 Å². The quantitative estimate of drug-likeness (QED) is 0.804. The first-order valence-electron chi connectivity index (χ1n) is 8.46. The number of Topliss-reactive ketones (excluding diaryl/α,β-unsaturated/α-hetero) is 1. The van der Waals surface area contributed by atoms with Gasteiger partial charge in [0.25, 0.3) is 0 Å². The number of hydrogen-bond acceptors (Lipinski definition) is 6. The van der Waals surface area contributed by atoms with Crippen LogP contribution in [0.1, 0.15) is 17.3 Å². The van der Waals surface area contributed by atoms with Crippen molar-refractivity contribution in [2.75, 3.05) is 44.7 Å². The summed E-state index contributed by atoms with van der Waals surface area (Å²) in [6.45, 7) is 3.58. The number of rotatable bonds is 5. The second-order valence-corrected chi connectivity index (χ2v) is 6.58. The van der Waals surface area contributed by atoms with Gasteiger partial charge in [0.05, 0.1) is 10.9 Å². The number of carboxylic acids is 1. The van der Waals surface area contributed by atoms with Crippen LogP contribution in [-0.2, 0) is 4.79 Å². The smallest absolute Gasteiger partial charge is 0.341 e. The van der Waals surface area contributed by atoms with Crippen molar-refractivity contribution in [2.24, 2.45) is 0 Å². The average molecular weight is 377 g/mol. The summed E-state index contributed by atoms with van der Waals surface area (Å²) in [7, 11) is 1.96. The Balaban J connectivity index is 2.21. The van der Waals surface area contributed by atoms with Crippen molar-refractivity contribution in [1.82, 2.24) is 9.88 Å². The number of fused-ring (bicyclic) bond motifs is 1. The molecule has 0 bridgehead atoms. The van der Waals surface area contributed by atoms with Crippen LogP contribution in [-0.4, -0.2) is 66.6 Å². The number of halogens is 1. The Bertz CT molecular complexity index is 964. The van der Waals surface area contributed by atoms with E-state index < -0.39 is 22.8 Å². The van der Waals surface area contributed by atoms with Gasteiger partial charge in [0, 0.05) is 32.4 Å². The van der Waals surface area contributed by atoms with Crippen LogP contribution in [0.15, 0.2) is 17.1 Å². The summed E-state index contributed by atoms with van der Waals surface area (Å²) in [5, 5.41) is 8.99. The van der Waals surface area contributed by atoms with E-state index in [2.05, 4.69) is 9.88 Å². The molecule has 0 spiro atoms. The third kappa shape index (κ3) is 3.63. The maximum atomic E-state index is 15.0. The summed E-state index contributed by atoms with van der Waals surface area (Å²) in [6, 6.07) is 1.02. The van der Waals surface area contributed by atoms with Crippen molar-refractivity contribution < 1.29 is 23.8 Å². The maximum Gasteiger partial charge on any atom is 0.341 e. The number of piperazine rings is 1. The van der Waals surface area contributed by atoms with Gasteiger partial charge in [0.1, 0.15) is 17.9 Å². The van der Waals surface area contributed by atoms with Crippen LogP contribution >= 0.6 is 0 Å². The fourth-order valence-electron chi connectivity index (χ4n) is 3.09. The largest absolute Gasteiger partial charge is 0.481 e. The van der Waals surface area contributed by atoms with Crippen molar-refractivity contribution in [2.45, 2.75) is 6.92 Å². The van der Waals surface area contributed by atoms with Crippen LogP contribution < -0.4 is 15.1 Å². The Labute approximate surface area is 154 Å². The van der Waals surface area contributed by atoms with Gasteiger partial charge in [-0.15, -0.1) is 0 Å². The molecule has 1 aromatic carbocycles. The summed E-state index contributed by atoms with van der Waals surface area (Å²) in [4.78, 5) is 41.6. The molecule has 0 radical (unpaired) electrons. The summed E-state index contributed by atoms with van der Waals surface area (Å²) in [5.41, 5.74) is -0.975. The van der Waals surface area contributed by atoms with Gasteiger partial charge in [0.2, 0.25) is 5.43 Å². The second-order valence-electron chi connectivity index (χ2n) is 6.58. The lowest BCUT2D eigenvalue weighted by molar-refractivity contribution is -0.118. The molecule has 1 aromatic heterocycles. The molecule has 144 valence electrons. The van der Waals surface area contributed by atoms with Crippen molar-refractivity contribution in [3.63, 3.8) is 0 Å². The third-order valence-corrected chi connectivity index (χ3v) is 4.53. The van der Waals surface area contributed by atoms with Crippen molar-refractivity contribution >= 4 is 28.3 Å². The molecule has 0 saturated carbocycles. The van der Waals surface area contributed by atoms with Gasteiger partial charge in [-0.3, -0.25) is 9.59 Å². The molecule has 8 nitrogen and oxygen atoms in total. The summed E-state index contributed by atoms with van der Waals surface area (Å²) < 4.78 is 20.5. The van der Waals surface area contributed by atoms with Crippen LogP contribution in [0.3, 0.4) is 0 Å². The van der Waals surface area contributed by atoms with Crippen LogP contribution in [0.25, 0.3) is 10.9 Å². The number of nitrogens with one attached hydrogen (secondary N) is 1. The SMILES string of the molecule is CC(=O)COc1c(N2CCN(C)CC2)c(F)cc2c(=O)c(C(=O)O)c[nH]c12. The number of nitrogens with zero attached hydrogens (tertiary/aromatic N) is 2. The first-order valence-corrected chi connectivity index (χ1v) is 8.46. The fourth-order valence-corrected chi connectivity index (χ4v) is 3.09. The number of benzene rings is 1. The number of anilines is 1. The van der Waals surface area contributed by atoms with Crippen molar-refractivity contribution in [3.05, 3.63) is 33.9 Å². The standard InChI is InChI=1S/C18H20FN3O5/c1-10(23)9-27-17-14-11(16(24)12(8-20-14)18(25)26)7-13(19)15(17)22-5-3-21(2)4-6-22/h7-8H,3-6,9H2,1-2H3,(H,20,24)(H,25,26). The monoisotopic (exact) mass is 377 g/mol. The molecule has 0 aliphatic carbocycles. The Morgan fingerprint density at radius 2 is 1.96 bits per heavy atom. The van der Waals surface area contributed by atoms with E-state index in [1.54, 1.807) is 4.90 Å². The van der Waals surface area contributed by atoms with Gasteiger partial charge in [0.15, 0.2) is 17.3 Å². The number of carboxylic acid groups (broad SMARTS) is 1. The van der Waals surface area contributed by atoms with Gasteiger partial charge in [-0.2, -0.15) is 0 Å². The van der Waals surface area contributed by atoms with Gasteiger partial charge >= 0.3 is 5.97 Å². The van der Waals surface area contributed by atoms with Gasteiger partial charge in [-0.1, -0.05) is 0 Å². The predicted molar refractivity (Wildman–Crippen MR) is 97.4 cm³/mol. The summed E-state index contributed by atoms with van der Waals surface area (Å²) in [5.74, 6) is -2.33. The molecule has 3 rings (SSSR count). The third-order valence-electron chi connectivity index (χ3n) is 4.53. The zero-order valence-electron chi connectivity index (χ0n) is 15.0. The molecule has 27 heavy (non-hydrogen) atoms. The molecular weight excluding hydrogens is 357 g/mol. The van der Waals surface area contributed by atoms with Crippen LogP contribution in [0, 0.1) is 5.82 Å². The number of H-pyrrole nitrogens is 1. The van der Waals surface area contributed by atoms with E-state index in [0.717, 1.165) is 25.4 Å². The van der Waals surface area contributed by atoms with Gasteiger partial charge in [-0.25, -0.2) is 9.18 Å². The number of carbonyl (C=O) groups excluding carboxylic acids is 1. The summed E-state index contributed by atoms with van der Waals surface area (Å²) >= 11 is 0. The number of aromatic amines is 1. The summed E-state index contributed by atoms with van der Waals surface area (Å²) in [6.07, 6.45) is 1.05. The number of carbonyl (C=O) groups is 2. The lowest BCUT2D eigenvalue weighted by atomic mass is 10.1. The van der Waals surface area contributed by atoms with Gasteiger partial charge in [-0.05, 0) is 20.0 Å². The number of aromatic nitrogens is 1. The molecular formula is C18H20FN3O5. The Morgan fingerprint density at radius 1 is 1.30 bits per heavy atom. The second kappa shape index (κ2) is 7.36. The van der Waals surface area contributed by atoms with E-state index in [9.17, 15) is 18.8 Å². The molecule has 2 N–H and O–H groups in total. The Morgan fingerprint density at radius 3 is 2.56 bits per heavy atom. The predicted octanol–water partition coefficient (Wildman–Crippen LogP) is 1.08. The molecule has 1 aliphatic heterocycles. The number of aromatic carboxylic acids is 1. The number of hydrogen-bond donors (Lipinski definition) is 2. The number of likely N-dealkylation sites (N-methyl/N-ethyl adjacent to an activating group) is 1. The van der Waals surface area contributed by atoms with E-state index in [1.165, 1.54) is 6.92 Å². The number of ether oxygens (including phenoxy) is 1. The molecule has 0 unspecified atom stereocenters. The molecule has 0 amide bonds. The minimum atomic E-state index is -1.41. The highest BCUT2D eigenvalue weighted by Gasteiger charge is 2.26. The highest BCUT2D eigenvalue weighted by atomic mass is 19.1. The highest BCUT2D eigenvalue weighted by Crippen LogP contribution is 2.37. The number of ketones is 1. The van der Waals surface area contributed by atoms with E-state index in [0.29, 0.717) is 13.1 Å². The molecule has 1 saturated heterocycles. The van der Waals surface area contributed by atoms with E-state index in [4.69, 9.17) is 9.84 Å². The first-order chi connectivity index (χ1) is 12.8. The maximum absolute atomic E-state index is 15.0. The number of pyridine rings is 1. The van der Waals surface area contributed by atoms with Crippen molar-refractivity contribution in [3.8, 4) is 5.75 Å². The highest BCUT2D eigenvalue weighted by molar-refractivity contribution is 5.96. The minimum absolute atomic E-state index is 0.0405. The van der Waals surface area contributed by atoms with Crippen LogP contribution in [0.2, 0.25) is 0 Å². The van der Waals surface area contributed by atoms with E-state index >= 15 is 0 Å².